The van der Waals surface area contributed by atoms with Crippen molar-refractivity contribution in [2.45, 2.75) is 37.1 Å². The zero-order valence-electron chi connectivity index (χ0n) is 14.3. The topological polar surface area (TPSA) is 63.2 Å². The highest BCUT2D eigenvalue weighted by molar-refractivity contribution is 7.91. The molecule has 26 heavy (non-hydrogen) atoms. The molecule has 2 aromatic rings. The molecule has 0 fully saturated rings. The molecular formula is C19H19Cl2NO3S. The third kappa shape index (κ3) is 4.05. The van der Waals surface area contributed by atoms with Crippen molar-refractivity contribution < 1.29 is 13.2 Å². The van der Waals surface area contributed by atoms with Crippen LogP contribution in [0.1, 0.15) is 34.8 Å². The van der Waals surface area contributed by atoms with E-state index in [0.29, 0.717) is 39.8 Å². The van der Waals surface area contributed by atoms with Crippen LogP contribution in [0.4, 0.5) is 0 Å². The number of nitrogens with one attached hydrogen (secondary N) is 1. The van der Waals surface area contributed by atoms with E-state index in [4.69, 9.17) is 23.2 Å². The third-order valence-electron chi connectivity index (χ3n) is 4.45. The standard InChI is InChI=1S/C19H19Cl2NO3S/c1-2-7-26(24,25)16-5-3-12-8-15(9-13(12)10-16)22-19(23)17-11-14(20)4-6-18(17)21/h3-6,10-11,15H,2,7-9H2,1H3,(H,22,23). The number of sulfone groups is 1. The summed E-state index contributed by atoms with van der Waals surface area (Å²) in [7, 11) is -3.25. The minimum atomic E-state index is -3.25. The van der Waals surface area contributed by atoms with Crippen LogP contribution in [-0.2, 0) is 22.7 Å². The van der Waals surface area contributed by atoms with E-state index in [0.717, 1.165) is 11.1 Å². The number of halogens is 2. The summed E-state index contributed by atoms with van der Waals surface area (Å²) in [6.45, 7) is 1.84. The maximum Gasteiger partial charge on any atom is 0.253 e. The van der Waals surface area contributed by atoms with Crippen molar-refractivity contribution in [3.05, 3.63) is 63.1 Å². The van der Waals surface area contributed by atoms with Gasteiger partial charge in [-0.25, -0.2) is 8.42 Å². The van der Waals surface area contributed by atoms with Crippen molar-refractivity contribution in [1.82, 2.24) is 5.32 Å². The van der Waals surface area contributed by atoms with Crippen molar-refractivity contribution in [2.24, 2.45) is 0 Å². The minimum absolute atomic E-state index is 0.100. The lowest BCUT2D eigenvalue weighted by molar-refractivity contribution is 0.0938. The largest absolute Gasteiger partial charge is 0.349 e. The van der Waals surface area contributed by atoms with Crippen LogP contribution < -0.4 is 5.32 Å². The minimum Gasteiger partial charge on any atom is -0.349 e. The summed E-state index contributed by atoms with van der Waals surface area (Å²) >= 11 is 12.0. The average molecular weight is 412 g/mol. The van der Waals surface area contributed by atoms with Crippen LogP contribution in [0.25, 0.3) is 0 Å². The lowest BCUT2D eigenvalue weighted by Crippen LogP contribution is -2.35. The molecule has 0 bridgehead atoms. The summed E-state index contributed by atoms with van der Waals surface area (Å²) in [6, 6.07) is 9.89. The normalized spacial score (nSPS) is 16.3. The Morgan fingerprint density at radius 3 is 2.58 bits per heavy atom. The number of benzene rings is 2. The molecule has 0 aromatic heterocycles. The van der Waals surface area contributed by atoms with Gasteiger partial charge in [-0.3, -0.25) is 4.79 Å². The van der Waals surface area contributed by atoms with Gasteiger partial charge in [0.1, 0.15) is 0 Å². The molecule has 1 amide bonds. The van der Waals surface area contributed by atoms with Gasteiger partial charge in [-0.05, 0) is 60.7 Å². The molecule has 1 aliphatic carbocycles. The molecule has 0 radical (unpaired) electrons. The molecule has 0 saturated heterocycles. The fraction of sp³-hybridized carbons (Fsp3) is 0.316. The highest BCUT2D eigenvalue weighted by atomic mass is 35.5. The van der Waals surface area contributed by atoms with Crippen LogP contribution in [0.3, 0.4) is 0 Å². The first-order chi connectivity index (χ1) is 12.3. The fourth-order valence-corrected chi connectivity index (χ4v) is 4.96. The van der Waals surface area contributed by atoms with Gasteiger partial charge in [0.2, 0.25) is 0 Å². The first-order valence-corrected chi connectivity index (χ1v) is 10.8. The summed E-state index contributed by atoms with van der Waals surface area (Å²) in [5.74, 6) is -0.145. The van der Waals surface area contributed by atoms with Crippen LogP contribution in [-0.4, -0.2) is 26.1 Å². The Labute approximate surface area is 163 Å². The molecule has 0 heterocycles. The molecule has 4 nitrogen and oxygen atoms in total. The molecule has 2 aromatic carbocycles. The number of carbonyl (C=O) groups excluding carboxylic acids is 1. The van der Waals surface area contributed by atoms with Gasteiger partial charge in [0.15, 0.2) is 9.84 Å². The van der Waals surface area contributed by atoms with E-state index in [9.17, 15) is 13.2 Å². The molecule has 1 aliphatic rings. The van der Waals surface area contributed by atoms with Crippen LogP contribution in [0.2, 0.25) is 10.0 Å². The Morgan fingerprint density at radius 1 is 1.12 bits per heavy atom. The summed E-state index contributed by atoms with van der Waals surface area (Å²) < 4.78 is 24.5. The van der Waals surface area contributed by atoms with Gasteiger partial charge in [-0.2, -0.15) is 0 Å². The Hall–Kier alpha value is -1.56. The Morgan fingerprint density at radius 2 is 1.85 bits per heavy atom. The van der Waals surface area contributed by atoms with Crippen molar-refractivity contribution in [3.8, 4) is 0 Å². The molecule has 0 spiro atoms. The molecular weight excluding hydrogens is 393 g/mol. The lowest BCUT2D eigenvalue weighted by atomic mass is 10.1. The quantitative estimate of drug-likeness (QED) is 0.805. The second kappa shape index (κ2) is 7.59. The predicted octanol–water partition coefficient (Wildman–Crippen LogP) is 4.07. The van der Waals surface area contributed by atoms with E-state index in [2.05, 4.69) is 5.32 Å². The molecule has 1 atom stereocenters. The second-order valence-corrected chi connectivity index (χ2v) is 9.40. The summed E-state index contributed by atoms with van der Waals surface area (Å²) in [5.41, 5.74) is 2.36. The molecule has 0 aliphatic heterocycles. The van der Waals surface area contributed by atoms with Crippen molar-refractivity contribution in [3.63, 3.8) is 0 Å². The maximum atomic E-state index is 12.5. The lowest BCUT2D eigenvalue weighted by Gasteiger charge is -2.13. The number of fused-ring (bicyclic) bond motifs is 1. The third-order valence-corrected chi connectivity index (χ3v) is 6.93. The van der Waals surface area contributed by atoms with E-state index in [-0.39, 0.29) is 17.7 Å². The van der Waals surface area contributed by atoms with Gasteiger partial charge in [-0.1, -0.05) is 36.2 Å². The summed E-state index contributed by atoms with van der Waals surface area (Å²) in [4.78, 5) is 12.8. The average Bonchev–Trinajstić information content (AvgIpc) is 2.98. The van der Waals surface area contributed by atoms with E-state index in [1.54, 1.807) is 24.3 Å². The molecule has 1 N–H and O–H groups in total. The van der Waals surface area contributed by atoms with Gasteiger partial charge in [-0.15, -0.1) is 0 Å². The first-order valence-electron chi connectivity index (χ1n) is 8.40. The van der Waals surface area contributed by atoms with E-state index in [1.165, 1.54) is 6.07 Å². The number of amides is 1. The van der Waals surface area contributed by atoms with Crippen LogP contribution in [0, 0.1) is 0 Å². The second-order valence-electron chi connectivity index (χ2n) is 6.45. The highest BCUT2D eigenvalue weighted by Crippen LogP contribution is 2.27. The zero-order valence-corrected chi connectivity index (χ0v) is 16.6. The molecule has 7 heteroatoms. The van der Waals surface area contributed by atoms with Gasteiger partial charge in [0.25, 0.3) is 5.91 Å². The van der Waals surface area contributed by atoms with E-state index < -0.39 is 9.84 Å². The number of hydrogen-bond donors (Lipinski definition) is 1. The number of rotatable bonds is 5. The molecule has 3 rings (SSSR count). The van der Waals surface area contributed by atoms with Crippen molar-refractivity contribution in [2.75, 3.05) is 5.75 Å². The monoisotopic (exact) mass is 411 g/mol. The van der Waals surface area contributed by atoms with Gasteiger partial charge < -0.3 is 5.32 Å². The Bertz CT molecular complexity index is 957. The fourth-order valence-electron chi connectivity index (χ4n) is 3.21. The van der Waals surface area contributed by atoms with Crippen molar-refractivity contribution in [1.29, 1.82) is 0 Å². The molecule has 1 unspecified atom stereocenters. The van der Waals surface area contributed by atoms with Gasteiger partial charge >= 0.3 is 0 Å². The first kappa shape index (κ1) is 19.2. The van der Waals surface area contributed by atoms with Gasteiger partial charge in [0.05, 0.1) is 21.2 Å². The van der Waals surface area contributed by atoms with Crippen LogP contribution >= 0.6 is 23.2 Å². The summed E-state index contributed by atoms with van der Waals surface area (Å²) in [5, 5.41) is 3.75. The zero-order chi connectivity index (χ0) is 18.9. The van der Waals surface area contributed by atoms with E-state index in [1.807, 2.05) is 13.0 Å². The summed E-state index contributed by atoms with van der Waals surface area (Å²) in [6.07, 6.45) is 1.83. The number of carbonyl (C=O) groups is 1. The Balaban J connectivity index is 1.75. The van der Waals surface area contributed by atoms with Gasteiger partial charge in [0, 0.05) is 11.1 Å². The number of hydrogen-bond acceptors (Lipinski definition) is 3. The predicted molar refractivity (Wildman–Crippen MR) is 104 cm³/mol. The highest BCUT2D eigenvalue weighted by Gasteiger charge is 2.26. The SMILES string of the molecule is CCCS(=O)(=O)c1ccc2c(c1)CC(NC(=O)c1cc(Cl)ccc1Cl)C2. The van der Waals surface area contributed by atoms with E-state index >= 15 is 0 Å². The maximum absolute atomic E-state index is 12.5. The van der Waals surface area contributed by atoms with Crippen LogP contribution in [0.5, 0.6) is 0 Å². The van der Waals surface area contributed by atoms with Crippen LogP contribution in [0.15, 0.2) is 41.3 Å². The smallest absolute Gasteiger partial charge is 0.253 e. The molecule has 138 valence electrons. The molecule has 0 saturated carbocycles. The van der Waals surface area contributed by atoms with Crippen molar-refractivity contribution >= 4 is 38.9 Å². The Kier molecular flexibility index (Phi) is 5.61.